The van der Waals surface area contributed by atoms with Crippen molar-refractivity contribution in [2.75, 3.05) is 5.32 Å². The van der Waals surface area contributed by atoms with Gasteiger partial charge >= 0.3 is 0 Å². The van der Waals surface area contributed by atoms with Crippen LogP contribution in [0, 0.1) is 24.0 Å². The van der Waals surface area contributed by atoms with Gasteiger partial charge in [0.1, 0.15) is 0 Å². The van der Waals surface area contributed by atoms with Crippen molar-refractivity contribution in [3.63, 3.8) is 0 Å². The van der Waals surface area contributed by atoms with Crippen LogP contribution in [0.25, 0.3) is 11.5 Å². The normalized spacial score (nSPS) is 12.2. The number of benzene rings is 2. The fourth-order valence-electron chi connectivity index (χ4n) is 3.48. The molecular formula is C26H28N3O3S+. The van der Waals surface area contributed by atoms with E-state index < -0.39 is 4.92 Å². The number of aliphatic hydroxyl groups excluding tert-OH is 1. The fourth-order valence-corrected chi connectivity index (χ4v) is 3.79. The van der Waals surface area contributed by atoms with Crippen LogP contribution in [0.3, 0.4) is 0 Å². The summed E-state index contributed by atoms with van der Waals surface area (Å²) in [5.74, 6) is -0.0813. The van der Waals surface area contributed by atoms with Crippen LogP contribution in [0.2, 0.25) is 0 Å². The molecule has 170 valence electrons. The molecule has 7 heteroatoms. The zero-order valence-corrected chi connectivity index (χ0v) is 20.2. The first-order valence-corrected chi connectivity index (χ1v) is 11.0. The van der Waals surface area contributed by atoms with Crippen molar-refractivity contribution in [3.8, 4) is 0 Å². The molecule has 6 nitrogen and oxygen atoms in total. The maximum Gasteiger partial charge on any atom is 0.288 e. The third-order valence-electron chi connectivity index (χ3n) is 5.46. The average Bonchev–Trinajstić information content (AvgIpc) is 2.76. The molecule has 0 aliphatic rings. The minimum atomic E-state index is -0.474. The summed E-state index contributed by atoms with van der Waals surface area (Å²) in [5, 5.41) is 25.5. The summed E-state index contributed by atoms with van der Waals surface area (Å²) in [6, 6.07) is 15.7. The number of hydrogen-bond acceptors (Lipinski definition) is 4. The highest BCUT2D eigenvalue weighted by Gasteiger charge is 2.26. The second-order valence-corrected chi connectivity index (χ2v) is 9.37. The number of aliphatic hydroxyl groups is 1. The van der Waals surface area contributed by atoms with E-state index in [4.69, 9.17) is 12.2 Å². The Morgan fingerprint density at radius 3 is 2.03 bits per heavy atom. The van der Waals surface area contributed by atoms with E-state index in [0.29, 0.717) is 16.2 Å². The topological polar surface area (TPSA) is 79.3 Å². The van der Waals surface area contributed by atoms with Crippen molar-refractivity contribution < 1.29 is 14.6 Å². The Hall–Kier alpha value is -3.58. The summed E-state index contributed by atoms with van der Waals surface area (Å²) < 4.78 is 1.76. The number of nitrogens with zero attached hydrogens (tertiary/aromatic N) is 2. The number of aromatic nitrogens is 1. The Morgan fingerprint density at radius 2 is 1.55 bits per heavy atom. The Labute approximate surface area is 199 Å². The monoisotopic (exact) mass is 462 g/mol. The molecule has 0 saturated heterocycles. The van der Waals surface area contributed by atoms with Crippen LogP contribution in [-0.2, 0) is 5.41 Å². The third-order valence-corrected chi connectivity index (χ3v) is 5.76. The molecule has 0 radical (unpaired) electrons. The van der Waals surface area contributed by atoms with E-state index in [-0.39, 0.29) is 16.9 Å². The van der Waals surface area contributed by atoms with Gasteiger partial charge in [-0.2, -0.15) is 4.57 Å². The summed E-state index contributed by atoms with van der Waals surface area (Å²) >= 11 is 5.75. The molecule has 3 aromatic rings. The largest absolute Gasteiger partial charge is 0.502 e. The van der Waals surface area contributed by atoms with Crippen LogP contribution in [-0.4, -0.2) is 15.0 Å². The van der Waals surface area contributed by atoms with Crippen molar-refractivity contribution in [2.45, 2.75) is 40.0 Å². The Balaban J connectivity index is 2.12. The van der Waals surface area contributed by atoms with Crippen molar-refractivity contribution in [1.82, 2.24) is 0 Å². The molecular weight excluding hydrogens is 434 g/mol. The standard InChI is InChI=1S/C26H27N3O3S/c1-17-7-6-8-18(2)22(17)27-25(33)23(28-15-13-20(14-16-28)26(3,4)5)24(30)19-9-11-21(12-10-19)29(31)32/h6-16H,1-5H3,(H-,27,30,33)/p+1. The summed E-state index contributed by atoms with van der Waals surface area (Å²) in [5.41, 5.74) is 4.80. The zero-order chi connectivity index (χ0) is 24.3. The molecule has 0 aliphatic heterocycles. The van der Waals surface area contributed by atoms with Crippen LogP contribution in [0.5, 0.6) is 0 Å². The van der Waals surface area contributed by atoms with E-state index in [1.165, 1.54) is 24.3 Å². The highest BCUT2D eigenvalue weighted by atomic mass is 32.1. The van der Waals surface area contributed by atoms with Crippen molar-refractivity contribution in [3.05, 3.63) is 99.4 Å². The van der Waals surface area contributed by atoms with Gasteiger partial charge in [0.25, 0.3) is 11.4 Å². The highest BCUT2D eigenvalue weighted by Crippen LogP contribution is 2.25. The first-order valence-electron chi connectivity index (χ1n) is 10.6. The van der Waals surface area contributed by atoms with E-state index >= 15 is 0 Å². The van der Waals surface area contributed by atoms with Crippen LogP contribution in [0.4, 0.5) is 11.4 Å². The van der Waals surface area contributed by atoms with E-state index in [9.17, 15) is 15.2 Å². The lowest BCUT2D eigenvalue weighted by molar-refractivity contribution is -0.575. The maximum absolute atomic E-state index is 11.2. The summed E-state index contributed by atoms with van der Waals surface area (Å²) in [6.45, 7) is 10.4. The second kappa shape index (κ2) is 9.50. The Bertz CT molecular complexity index is 1200. The highest BCUT2D eigenvalue weighted by molar-refractivity contribution is 7.81. The smallest absolute Gasteiger partial charge is 0.288 e. The SMILES string of the molecule is Cc1cccc(C)c1NC(=S)/C(=C(\O)c1ccc([N+](=O)[O-])cc1)[n+]1ccc(C(C)(C)C)cc1. The number of para-hydroxylation sites is 1. The van der Waals surface area contributed by atoms with Gasteiger partial charge < -0.3 is 10.4 Å². The van der Waals surface area contributed by atoms with Gasteiger partial charge in [-0.25, -0.2) is 0 Å². The maximum atomic E-state index is 11.2. The van der Waals surface area contributed by atoms with Gasteiger partial charge in [-0.1, -0.05) is 51.2 Å². The van der Waals surface area contributed by atoms with E-state index in [1.54, 1.807) is 4.57 Å². The number of nitrogens with one attached hydrogen (secondary N) is 1. The number of thiocarbonyl (C=S) groups is 1. The molecule has 0 fully saturated rings. The Morgan fingerprint density at radius 1 is 1.00 bits per heavy atom. The van der Waals surface area contributed by atoms with Gasteiger partial charge in [0.15, 0.2) is 23.1 Å². The second-order valence-electron chi connectivity index (χ2n) is 8.97. The number of hydrogen-bond donors (Lipinski definition) is 2. The molecule has 0 amide bonds. The van der Waals surface area contributed by atoms with Crippen molar-refractivity contribution >= 4 is 40.0 Å². The molecule has 33 heavy (non-hydrogen) atoms. The first kappa shape index (κ1) is 24.1. The number of rotatable bonds is 5. The zero-order valence-electron chi connectivity index (χ0n) is 19.4. The number of nitro benzene ring substituents is 1. The first-order chi connectivity index (χ1) is 15.5. The van der Waals surface area contributed by atoms with Gasteiger partial charge in [-0.3, -0.25) is 10.1 Å². The molecule has 0 spiro atoms. The molecule has 0 saturated carbocycles. The minimum Gasteiger partial charge on any atom is -0.502 e. The van der Waals surface area contributed by atoms with E-state index in [1.807, 2.05) is 56.6 Å². The fraction of sp³-hybridized carbons (Fsp3) is 0.231. The van der Waals surface area contributed by atoms with Crippen molar-refractivity contribution in [1.29, 1.82) is 0 Å². The summed E-state index contributed by atoms with van der Waals surface area (Å²) in [7, 11) is 0. The molecule has 1 heterocycles. The predicted octanol–water partition coefficient (Wildman–Crippen LogP) is 6.12. The molecule has 0 unspecified atom stereocenters. The number of nitro groups is 1. The van der Waals surface area contributed by atoms with Gasteiger partial charge in [0.05, 0.1) is 4.92 Å². The van der Waals surface area contributed by atoms with Crippen LogP contribution in [0.1, 0.15) is 43.0 Å². The average molecular weight is 463 g/mol. The quantitative estimate of drug-likeness (QED) is 0.119. The predicted molar refractivity (Wildman–Crippen MR) is 136 cm³/mol. The van der Waals surface area contributed by atoms with Crippen LogP contribution in [0.15, 0.2) is 67.0 Å². The molecule has 3 rings (SSSR count). The molecule has 0 atom stereocenters. The summed E-state index contributed by atoms with van der Waals surface area (Å²) in [6.07, 6.45) is 3.71. The van der Waals surface area contributed by atoms with Crippen LogP contribution >= 0.6 is 12.2 Å². The van der Waals surface area contributed by atoms with Gasteiger partial charge in [0, 0.05) is 35.5 Å². The number of aryl methyl sites for hydroxylation is 2. The number of non-ortho nitro benzene ring substituents is 1. The molecule has 2 N–H and O–H groups in total. The van der Waals surface area contributed by atoms with E-state index in [2.05, 4.69) is 26.1 Å². The molecule has 2 aromatic carbocycles. The van der Waals surface area contributed by atoms with E-state index in [0.717, 1.165) is 22.4 Å². The third kappa shape index (κ3) is 5.43. The summed E-state index contributed by atoms with van der Waals surface area (Å²) in [4.78, 5) is 10.9. The molecule has 0 aliphatic carbocycles. The number of anilines is 1. The van der Waals surface area contributed by atoms with Crippen LogP contribution < -0.4 is 9.88 Å². The van der Waals surface area contributed by atoms with Crippen molar-refractivity contribution in [2.24, 2.45) is 0 Å². The Kier molecular flexibility index (Phi) is 6.93. The lowest BCUT2D eigenvalue weighted by Crippen LogP contribution is -2.39. The molecule has 1 aromatic heterocycles. The van der Waals surface area contributed by atoms with Gasteiger partial charge in [-0.15, -0.1) is 0 Å². The molecule has 0 bridgehead atoms. The van der Waals surface area contributed by atoms with Gasteiger partial charge in [-0.05, 0) is 48.1 Å². The van der Waals surface area contributed by atoms with Gasteiger partial charge in [0.2, 0.25) is 0 Å². The lowest BCUT2D eigenvalue weighted by Gasteiger charge is -2.18. The lowest BCUT2D eigenvalue weighted by atomic mass is 9.88. The minimum absolute atomic E-state index is 0.0274. The number of pyridine rings is 1.